The average Bonchev–Trinajstić information content (AvgIpc) is 2.40. The standard InChI is InChI=1S/C12H6N4O/c13-5-9-1-3-11(4-2-9)17-12-8-15-10(6-14)7-16-12/h1-4,7-8H. The lowest BCUT2D eigenvalue weighted by molar-refractivity contribution is 0.460. The van der Waals surface area contributed by atoms with Crippen molar-refractivity contribution in [2.45, 2.75) is 0 Å². The van der Waals surface area contributed by atoms with Crippen LogP contribution in [-0.2, 0) is 0 Å². The lowest BCUT2D eigenvalue weighted by Crippen LogP contribution is -1.91. The number of hydrogen-bond donors (Lipinski definition) is 0. The molecule has 0 bridgehead atoms. The molecule has 2 rings (SSSR count). The van der Waals surface area contributed by atoms with Gasteiger partial charge in [-0.05, 0) is 24.3 Å². The zero-order valence-corrected chi connectivity index (χ0v) is 8.66. The number of benzene rings is 1. The Bertz CT molecular complexity index is 535. The van der Waals surface area contributed by atoms with Gasteiger partial charge in [-0.15, -0.1) is 0 Å². The first-order valence-corrected chi connectivity index (χ1v) is 4.72. The Hall–Kier alpha value is -2.92. The van der Waals surface area contributed by atoms with Crippen LogP contribution >= 0.6 is 0 Å². The Morgan fingerprint density at radius 1 is 0.941 bits per heavy atom. The molecule has 1 aromatic carbocycles. The maximum Gasteiger partial charge on any atom is 0.237 e. The van der Waals surface area contributed by atoms with Gasteiger partial charge in [-0.25, -0.2) is 9.97 Å². The minimum Gasteiger partial charge on any atom is -0.438 e. The molecule has 0 spiro atoms. The molecule has 80 valence electrons. The summed E-state index contributed by atoms with van der Waals surface area (Å²) in [5, 5.41) is 17.2. The van der Waals surface area contributed by atoms with Crippen LogP contribution < -0.4 is 4.74 Å². The van der Waals surface area contributed by atoms with Crippen molar-refractivity contribution in [1.29, 1.82) is 10.5 Å². The molecule has 0 radical (unpaired) electrons. The SMILES string of the molecule is N#Cc1ccc(Oc2cnc(C#N)cn2)cc1. The van der Waals surface area contributed by atoms with Gasteiger partial charge in [-0.3, -0.25) is 0 Å². The molecule has 0 aliphatic rings. The normalized spacial score (nSPS) is 9.06. The number of nitrogens with zero attached hydrogens (tertiary/aromatic N) is 4. The minimum absolute atomic E-state index is 0.233. The van der Waals surface area contributed by atoms with E-state index in [4.69, 9.17) is 15.3 Å². The summed E-state index contributed by atoms with van der Waals surface area (Å²) < 4.78 is 5.38. The molecule has 0 aliphatic heterocycles. The predicted octanol–water partition coefficient (Wildman–Crippen LogP) is 2.01. The van der Waals surface area contributed by atoms with Crippen molar-refractivity contribution >= 4 is 0 Å². The molecular weight excluding hydrogens is 216 g/mol. The van der Waals surface area contributed by atoms with Gasteiger partial charge in [0, 0.05) is 0 Å². The second-order valence-electron chi connectivity index (χ2n) is 3.09. The Morgan fingerprint density at radius 2 is 1.71 bits per heavy atom. The molecule has 0 saturated carbocycles. The fraction of sp³-hybridized carbons (Fsp3) is 0. The first-order chi connectivity index (χ1) is 8.31. The van der Waals surface area contributed by atoms with E-state index in [-0.39, 0.29) is 5.69 Å². The van der Waals surface area contributed by atoms with Gasteiger partial charge in [0.25, 0.3) is 0 Å². The van der Waals surface area contributed by atoms with Crippen molar-refractivity contribution < 1.29 is 4.74 Å². The average molecular weight is 222 g/mol. The molecule has 0 unspecified atom stereocenters. The quantitative estimate of drug-likeness (QED) is 0.776. The largest absolute Gasteiger partial charge is 0.438 e. The second-order valence-corrected chi connectivity index (χ2v) is 3.09. The van der Waals surface area contributed by atoms with Gasteiger partial charge in [0.05, 0.1) is 24.0 Å². The van der Waals surface area contributed by atoms with E-state index in [0.29, 0.717) is 17.2 Å². The first kappa shape index (κ1) is 10.6. The minimum atomic E-state index is 0.233. The maximum absolute atomic E-state index is 8.63. The van der Waals surface area contributed by atoms with Crippen molar-refractivity contribution in [2.24, 2.45) is 0 Å². The van der Waals surface area contributed by atoms with Gasteiger partial charge in [0.2, 0.25) is 5.88 Å². The summed E-state index contributed by atoms with van der Waals surface area (Å²) in [5.41, 5.74) is 0.792. The number of ether oxygens (including phenoxy) is 1. The molecule has 5 nitrogen and oxygen atoms in total. The lowest BCUT2D eigenvalue weighted by atomic mass is 10.2. The van der Waals surface area contributed by atoms with Crippen LogP contribution in [0.3, 0.4) is 0 Å². The monoisotopic (exact) mass is 222 g/mol. The van der Waals surface area contributed by atoms with E-state index in [2.05, 4.69) is 9.97 Å². The van der Waals surface area contributed by atoms with Gasteiger partial charge in [-0.1, -0.05) is 0 Å². The number of nitriles is 2. The molecule has 1 aromatic heterocycles. The van der Waals surface area contributed by atoms with Crippen LogP contribution in [0.4, 0.5) is 0 Å². The summed E-state index contributed by atoms with van der Waals surface area (Å²) in [6, 6.07) is 10.5. The molecule has 1 heterocycles. The summed E-state index contributed by atoms with van der Waals surface area (Å²) in [4.78, 5) is 7.74. The lowest BCUT2D eigenvalue weighted by Gasteiger charge is -2.03. The molecule has 0 aliphatic carbocycles. The zero-order valence-electron chi connectivity index (χ0n) is 8.66. The van der Waals surface area contributed by atoms with Gasteiger partial charge in [-0.2, -0.15) is 10.5 Å². The first-order valence-electron chi connectivity index (χ1n) is 4.72. The Balaban J connectivity index is 2.14. The van der Waals surface area contributed by atoms with Crippen LogP contribution in [0, 0.1) is 22.7 Å². The summed E-state index contributed by atoms with van der Waals surface area (Å²) in [5.74, 6) is 0.858. The molecule has 2 aromatic rings. The third-order valence-corrected chi connectivity index (χ3v) is 1.95. The van der Waals surface area contributed by atoms with Crippen molar-refractivity contribution in [2.75, 3.05) is 0 Å². The Labute approximate surface area is 97.6 Å². The Kier molecular flexibility index (Phi) is 2.95. The molecule has 0 N–H and O–H groups in total. The van der Waals surface area contributed by atoms with Gasteiger partial charge < -0.3 is 4.74 Å². The highest BCUT2D eigenvalue weighted by molar-refractivity contribution is 5.36. The van der Waals surface area contributed by atoms with Crippen LogP contribution in [0.2, 0.25) is 0 Å². The van der Waals surface area contributed by atoms with Crippen molar-refractivity contribution in [3.8, 4) is 23.8 Å². The predicted molar refractivity (Wildman–Crippen MR) is 58.0 cm³/mol. The second kappa shape index (κ2) is 4.73. The third kappa shape index (κ3) is 2.55. The highest BCUT2D eigenvalue weighted by Crippen LogP contribution is 2.18. The zero-order chi connectivity index (χ0) is 12.1. The van der Waals surface area contributed by atoms with Crippen LogP contribution in [0.1, 0.15) is 11.3 Å². The molecule has 0 atom stereocenters. The molecule has 17 heavy (non-hydrogen) atoms. The van der Waals surface area contributed by atoms with E-state index in [9.17, 15) is 0 Å². The molecule has 0 saturated heterocycles. The fourth-order valence-electron chi connectivity index (χ4n) is 1.14. The third-order valence-electron chi connectivity index (χ3n) is 1.95. The van der Waals surface area contributed by atoms with Gasteiger partial charge >= 0.3 is 0 Å². The highest BCUT2D eigenvalue weighted by atomic mass is 16.5. The number of aromatic nitrogens is 2. The number of hydrogen-bond acceptors (Lipinski definition) is 5. The molecule has 0 amide bonds. The fourth-order valence-corrected chi connectivity index (χ4v) is 1.14. The smallest absolute Gasteiger partial charge is 0.237 e. The van der Waals surface area contributed by atoms with Crippen molar-refractivity contribution in [3.63, 3.8) is 0 Å². The maximum atomic E-state index is 8.63. The van der Waals surface area contributed by atoms with E-state index in [1.54, 1.807) is 24.3 Å². The summed E-state index contributed by atoms with van der Waals surface area (Å²) in [6.07, 6.45) is 2.70. The van der Waals surface area contributed by atoms with E-state index in [0.717, 1.165) is 0 Å². The van der Waals surface area contributed by atoms with E-state index < -0.39 is 0 Å². The van der Waals surface area contributed by atoms with Crippen LogP contribution in [0.5, 0.6) is 11.6 Å². The van der Waals surface area contributed by atoms with Crippen LogP contribution in [-0.4, -0.2) is 9.97 Å². The summed E-state index contributed by atoms with van der Waals surface area (Å²) in [7, 11) is 0. The van der Waals surface area contributed by atoms with E-state index in [1.165, 1.54) is 12.4 Å². The van der Waals surface area contributed by atoms with Gasteiger partial charge in [0.15, 0.2) is 5.69 Å². The molecular formula is C12H6N4O. The number of rotatable bonds is 2. The summed E-state index contributed by atoms with van der Waals surface area (Å²) >= 11 is 0. The van der Waals surface area contributed by atoms with E-state index in [1.807, 2.05) is 12.1 Å². The van der Waals surface area contributed by atoms with Crippen LogP contribution in [0.25, 0.3) is 0 Å². The Morgan fingerprint density at radius 3 is 2.24 bits per heavy atom. The van der Waals surface area contributed by atoms with Gasteiger partial charge in [0.1, 0.15) is 11.8 Å². The topological polar surface area (TPSA) is 82.6 Å². The van der Waals surface area contributed by atoms with Crippen molar-refractivity contribution in [3.05, 3.63) is 47.9 Å². The molecule has 5 heteroatoms. The summed E-state index contributed by atoms with van der Waals surface area (Å²) in [6.45, 7) is 0. The molecule has 0 fully saturated rings. The highest BCUT2D eigenvalue weighted by Gasteiger charge is 2.00. The van der Waals surface area contributed by atoms with Crippen molar-refractivity contribution in [1.82, 2.24) is 9.97 Å². The van der Waals surface area contributed by atoms with E-state index >= 15 is 0 Å². The van der Waals surface area contributed by atoms with Crippen LogP contribution in [0.15, 0.2) is 36.7 Å².